The van der Waals surface area contributed by atoms with Crippen LogP contribution in [0, 0.1) is 0 Å². The zero-order chi connectivity index (χ0) is 3.58. The minimum absolute atomic E-state index is 1.79. The van der Waals surface area contributed by atoms with E-state index in [9.17, 15) is 3.08 Å². The van der Waals surface area contributed by atoms with E-state index in [4.69, 9.17) is 0 Å². The average molecular weight is 165 g/mol. The zero-order valence-electron chi connectivity index (χ0n) is 2.91. The van der Waals surface area contributed by atoms with Gasteiger partial charge in [-0.15, -0.1) is 0 Å². The summed E-state index contributed by atoms with van der Waals surface area (Å²) in [5, 5.41) is 0. The van der Waals surface area contributed by atoms with Gasteiger partial charge in [0.15, 0.2) is 0 Å². The summed E-state index contributed by atoms with van der Waals surface area (Å²) in [5.74, 6) is 0. The van der Waals surface area contributed by atoms with Gasteiger partial charge < -0.3 is 0 Å². The van der Waals surface area contributed by atoms with Crippen LogP contribution < -0.4 is 0 Å². The van der Waals surface area contributed by atoms with Crippen molar-refractivity contribution >= 4 is 19.7 Å². The minimum atomic E-state index is -1.79. The van der Waals surface area contributed by atoms with Crippen LogP contribution in [0.25, 0.3) is 0 Å². The van der Waals surface area contributed by atoms with Crippen molar-refractivity contribution in [1.82, 2.24) is 0 Å². The van der Waals surface area contributed by atoms with Crippen LogP contribution in [0.4, 0.5) is 0 Å². The molecule has 2 heteroatoms. The van der Waals surface area contributed by atoms with Gasteiger partial charge in [-0.05, 0) is 0 Å². The molecule has 0 N–H and O–H groups in total. The fourth-order valence-corrected chi connectivity index (χ4v) is 0. The van der Waals surface area contributed by atoms with Gasteiger partial charge in [0.25, 0.3) is 0 Å². The van der Waals surface area contributed by atoms with Crippen LogP contribution in [0.3, 0.4) is 0 Å². The predicted octanol–water partition coefficient (Wildman–Crippen LogP) is 0.668. The molecule has 0 aromatic carbocycles. The van der Waals surface area contributed by atoms with E-state index >= 15 is 0 Å². The summed E-state index contributed by atoms with van der Waals surface area (Å²) in [5.41, 5.74) is 0. The summed E-state index contributed by atoms with van der Waals surface area (Å²) in [4.78, 5) is 3.62. The number of hydrogen-bond donors (Lipinski definition) is 0. The van der Waals surface area contributed by atoms with Gasteiger partial charge in [-0.3, -0.25) is 0 Å². The van der Waals surface area contributed by atoms with Gasteiger partial charge in [-0.1, -0.05) is 0 Å². The maximum atomic E-state index is 9.72. The second-order valence-corrected chi connectivity index (χ2v) is 6.09. The first kappa shape index (κ1) is 4.60. The van der Waals surface area contributed by atoms with E-state index in [-0.39, 0.29) is 0 Å². The zero-order valence-corrected chi connectivity index (χ0v) is 5.76. The Balaban J connectivity index is 2.80. The molecule has 0 atom stereocenters. The Hall–Kier alpha value is 0.599. The molecule has 0 heterocycles. The Morgan fingerprint density at radius 2 is 1.50 bits per heavy atom. The van der Waals surface area contributed by atoms with Gasteiger partial charge in [0.1, 0.15) is 0 Å². The third-order valence-corrected chi connectivity index (χ3v) is 0. The Labute approximate surface area is 33.1 Å². The molecule has 0 aromatic heterocycles. The molecule has 1 nitrogen and oxygen atoms in total. The summed E-state index contributed by atoms with van der Waals surface area (Å²) in [6, 6.07) is 0. The molecule has 0 radical (unpaired) electrons. The molecule has 0 aliphatic carbocycles. The standard InChI is InChI=1S/2CH3.O.Sn/h2*1H3;;. The van der Waals surface area contributed by atoms with E-state index in [0.29, 0.717) is 0 Å². The van der Waals surface area contributed by atoms with Gasteiger partial charge in [0.05, 0.1) is 0 Å². The first-order valence-electron chi connectivity index (χ1n) is 1.20. The maximum absolute atomic E-state index is 9.72. The third kappa shape index (κ3) is 18.5. The fraction of sp³-hybridized carbons (Fsp3) is 1.00. The van der Waals surface area contributed by atoms with Crippen molar-refractivity contribution in [1.29, 1.82) is 0 Å². The molecule has 0 aromatic rings. The first-order valence-corrected chi connectivity index (χ1v) is 8.08. The summed E-state index contributed by atoms with van der Waals surface area (Å²) in [6.45, 7) is 0. The van der Waals surface area contributed by atoms with Crippen LogP contribution in [-0.2, 0) is 3.08 Å². The molecule has 24 valence electrons. The predicted molar refractivity (Wildman–Crippen MR) is 18.2 cm³/mol. The molecule has 4 heavy (non-hydrogen) atoms. The second-order valence-electron chi connectivity index (χ2n) is 0.908. The molecule has 0 rings (SSSR count). The topological polar surface area (TPSA) is 17.1 Å². The molecular formula is C2H6OSn. The van der Waals surface area contributed by atoms with E-state index in [1.807, 2.05) is 9.88 Å². The van der Waals surface area contributed by atoms with Crippen LogP contribution in [0.15, 0.2) is 0 Å². The van der Waals surface area contributed by atoms with Crippen molar-refractivity contribution < 1.29 is 3.08 Å². The van der Waals surface area contributed by atoms with Crippen molar-refractivity contribution in [3.05, 3.63) is 0 Å². The molecule has 0 aliphatic heterocycles. The van der Waals surface area contributed by atoms with E-state index in [2.05, 4.69) is 0 Å². The average Bonchev–Trinajstić information content (AvgIpc) is 0.811. The molecule has 0 saturated heterocycles. The van der Waals surface area contributed by atoms with Crippen LogP contribution >= 0.6 is 0 Å². The Kier molecular flexibility index (Phi) is 2.16. The normalized spacial score (nSPS) is 6.50. The van der Waals surface area contributed by atoms with Gasteiger partial charge >= 0.3 is 32.7 Å². The molecule has 0 bridgehead atoms. The van der Waals surface area contributed by atoms with Crippen LogP contribution in [0.1, 0.15) is 0 Å². The van der Waals surface area contributed by atoms with Gasteiger partial charge in [0.2, 0.25) is 0 Å². The Bertz CT molecular complexity index is 29.0. The summed E-state index contributed by atoms with van der Waals surface area (Å²) in [7, 11) is 0. The van der Waals surface area contributed by atoms with E-state index in [1.165, 1.54) is 0 Å². The van der Waals surface area contributed by atoms with Crippen molar-refractivity contribution in [2.24, 2.45) is 0 Å². The van der Waals surface area contributed by atoms with E-state index in [1.54, 1.807) is 0 Å². The molecule has 0 saturated carbocycles. The van der Waals surface area contributed by atoms with Crippen molar-refractivity contribution in [3.8, 4) is 0 Å². The summed E-state index contributed by atoms with van der Waals surface area (Å²) >= 11 is -1.79. The van der Waals surface area contributed by atoms with Gasteiger partial charge in [0, 0.05) is 0 Å². The van der Waals surface area contributed by atoms with E-state index in [0.717, 1.165) is 0 Å². The Morgan fingerprint density at radius 1 is 1.50 bits per heavy atom. The van der Waals surface area contributed by atoms with Gasteiger partial charge in [-0.25, -0.2) is 0 Å². The van der Waals surface area contributed by atoms with Crippen LogP contribution in [-0.4, -0.2) is 19.7 Å². The second kappa shape index (κ2) is 1.88. The molecule has 0 spiro atoms. The molecule has 0 fully saturated rings. The number of rotatable bonds is 0. The van der Waals surface area contributed by atoms with Crippen LogP contribution in [0.5, 0.6) is 0 Å². The third-order valence-electron chi connectivity index (χ3n) is 0. The summed E-state index contributed by atoms with van der Waals surface area (Å²) in [6.07, 6.45) is 0. The fourth-order valence-electron chi connectivity index (χ4n) is 0. The summed E-state index contributed by atoms with van der Waals surface area (Å²) < 4.78 is 9.72. The van der Waals surface area contributed by atoms with Crippen molar-refractivity contribution in [2.45, 2.75) is 9.88 Å². The van der Waals surface area contributed by atoms with Crippen LogP contribution in [0.2, 0.25) is 9.88 Å². The van der Waals surface area contributed by atoms with Gasteiger partial charge in [-0.2, -0.15) is 0 Å². The molecule has 0 unspecified atom stereocenters. The first-order chi connectivity index (χ1) is 1.73. The molecule has 0 amide bonds. The van der Waals surface area contributed by atoms with Crippen molar-refractivity contribution in [2.75, 3.05) is 0 Å². The van der Waals surface area contributed by atoms with E-state index < -0.39 is 19.7 Å². The SMILES string of the molecule is [CH3][Sn]([CH3])=[O]. The monoisotopic (exact) mass is 166 g/mol. The number of hydrogen-bond acceptors (Lipinski definition) is 1. The Morgan fingerprint density at radius 3 is 1.50 bits per heavy atom. The molecular weight excluding hydrogens is 159 g/mol. The molecule has 0 aliphatic rings. The quantitative estimate of drug-likeness (QED) is 0.482. The van der Waals surface area contributed by atoms with Crippen molar-refractivity contribution in [3.63, 3.8) is 0 Å².